The van der Waals surface area contributed by atoms with Crippen molar-refractivity contribution in [1.82, 2.24) is 0 Å². The van der Waals surface area contributed by atoms with Gasteiger partial charge in [-0.2, -0.15) is 26.3 Å². The summed E-state index contributed by atoms with van der Waals surface area (Å²) in [6.07, 6.45) is -9.86. The number of Topliss-reactive ketones (excluding diaryl/α,β-unsaturated/α-hetero) is 1. The van der Waals surface area contributed by atoms with Gasteiger partial charge >= 0.3 is 12.4 Å². The molecule has 0 unspecified atom stereocenters. The number of hydrogen-bond acceptors (Lipinski definition) is 3. The smallest absolute Gasteiger partial charge is 0.369 e. The van der Waals surface area contributed by atoms with Crippen LogP contribution in [0.1, 0.15) is 46.8 Å². The number of rotatable bonds is 5. The van der Waals surface area contributed by atoms with Gasteiger partial charge in [-0.05, 0) is 42.2 Å². The highest BCUT2D eigenvalue weighted by Gasteiger charge is 2.71. The summed E-state index contributed by atoms with van der Waals surface area (Å²) in [6.45, 7) is 2.70. The lowest BCUT2D eigenvalue weighted by Crippen LogP contribution is -2.53. The van der Waals surface area contributed by atoms with Crippen LogP contribution in [0.15, 0.2) is 42.5 Å². The lowest BCUT2D eigenvalue weighted by atomic mass is 9.91. The number of benzene rings is 2. The van der Waals surface area contributed by atoms with E-state index in [1.807, 2.05) is 17.0 Å². The maximum Gasteiger partial charge on any atom is 0.430 e. The van der Waals surface area contributed by atoms with Crippen LogP contribution in [0.4, 0.5) is 32.0 Å². The third-order valence-corrected chi connectivity index (χ3v) is 5.50. The van der Waals surface area contributed by atoms with Crippen LogP contribution in [-0.4, -0.2) is 29.8 Å². The van der Waals surface area contributed by atoms with Crippen molar-refractivity contribution < 1.29 is 36.2 Å². The largest absolute Gasteiger partial charge is 0.430 e. The van der Waals surface area contributed by atoms with Gasteiger partial charge in [0.1, 0.15) is 0 Å². The lowest BCUT2D eigenvalue weighted by Gasteiger charge is -2.33. The fraction of sp³-hybridized carbons (Fsp3) is 0.409. The highest BCUT2D eigenvalue weighted by molar-refractivity contribution is 5.96. The van der Waals surface area contributed by atoms with Crippen molar-refractivity contribution in [2.45, 2.75) is 50.7 Å². The number of carbonyl (C=O) groups excluding carboxylic acids is 1. The van der Waals surface area contributed by atoms with E-state index in [-0.39, 0.29) is 12.3 Å². The monoisotopic (exact) mass is 445 g/mol. The van der Waals surface area contributed by atoms with Crippen molar-refractivity contribution in [3.05, 3.63) is 64.7 Å². The molecule has 0 radical (unpaired) electrons. The molecule has 0 bridgehead atoms. The molecule has 1 N–H and O–H groups in total. The molecule has 0 amide bonds. The molecule has 3 rings (SSSR count). The molecule has 168 valence electrons. The molecule has 3 nitrogen and oxygen atoms in total. The molecule has 1 aliphatic rings. The van der Waals surface area contributed by atoms with Gasteiger partial charge in [0.05, 0.1) is 0 Å². The molecule has 1 heterocycles. The number of fused-ring (bicyclic) bond motifs is 1. The molecule has 0 fully saturated rings. The third-order valence-electron chi connectivity index (χ3n) is 5.50. The first-order valence-corrected chi connectivity index (χ1v) is 9.74. The Kier molecular flexibility index (Phi) is 6.10. The topological polar surface area (TPSA) is 40.5 Å². The Morgan fingerprint density at radius 1 is 1.00 bits per heavy atom. The highest BCUT2D eigenvalue weighted by Crippen LogP contribution is 2.50. The van der Waals surface area contributed by atoms with Crippen LogP contribution in [0.3, 0.4) is 0 Å². The molecular formula is C22H21F6NO2. The summed E-state index contributed by atoms with van der Waals surface area (Å²) in [6, 6.07) is 9.00. The number of alkyl halides is 6. The van der Waals surface area contributed by atoms with Gasteiger partial charge < -0.3 is 10.0 Å². The summed E-state index contributed by atoms with van der Waals surface area (Å²) in [4.78, 5) is 13.9. The van der Waals surface area contributed by atoms with Crippen molar-refractivity contribution in [3.63, 3.8) is 0 Å². The summed E-state index contributed by atoms with van der Waals surface area (Å²) in [5.74, 6) is 0.0253. The SMILES string of the molecule is CCC(=O)c1ccc2c(c1)CCCN2Cc1ccc(C(O)(C(F)(F)F)C(F)(F)F)cc1. The standard InChI is InChI=1S/C22H21F6NO2/c1-2-19(30)16-7-10-18-15(12-16)4-3-11-29(18)13-14-5-8-17(9-6-14)20(31,21(23,24)25)22(26,27)28/h5-10,12,31H,2-4,11,13H2,1H3. The van der Waals surface area contributed by atoms with Gasteiger partial charge in [-0.25, -0.2) is 0 Å². The molecule has 0 spiro atoms. The van der Waals surface area contributed by atoms with Crippen LogP contribution in [0, 0.1) is 0 Å². The van der Waals surface area contributed by atoms with Crippen molar-refractivity contribution in [1.29, 1.82) is 0 Å². The molecule has 0 aromatic heterocycles. The second-order valence-electron chi connectivity index (χ2n) is 7.55. The Labute approximate surface area is 175 Å². The molecule has 2 aromatic carbocycles. The zero-order chi connectivity index (χ0) is 23.0. The van der Waals surface area contributed by atoms with Crippen LogP contribution in [0.25, 0.3) is 0 Å². The first kappa shape index (κ1) is 23.1. The molecule has 1 aliphatic heterocycles. The second kappa shape index (κ2) is 8.18. The maximum atomic E-state index is 13.0. The van der Waals surface area contributed by atoms with Gasteiger partial charge in [0, 0.05) is 36.3 Å². The van der Waals surface area contributed by atoms with Crippen molar-refractivity contribution in [2.75, 3.05) is 11.4 Å². The summed E-state index contributed by atoms with van der Waals surface area (Å²) >= 11 is 0. The minimum atomic E-state index is -5.91. The zero-order valence-corrected chi connectivity index (χ0v) is 16.6. The fourth-order valence-corrected chi connectivity index (χ4v) is 3.78. The van der Waals surface area contributed by atoms with Gasteiger partial charge in [0.25, 0.3) is 5.60 Å². The molecule has 2 aromatic rings. The van der Waals surface area contributed by atoms with Crippen molar-refractivity contribution in [3.8, 4) is 0 Å². The van der Waals surface area contributed by atoms with Gasteiger partial charge in [-0.1, -0.05) is 31.2 Å². The average molecular weight is 445 g/mol. The first-order valence-electron chi connectivity index (χ1n) is 9.74. The predicted molar refractivity (Wildman–Crippen MR) is 103 cm³/mol. The number of anilines is 1. The summed E-state index contributed by atoms with van der Waals surface area (Å²) in [7, 11) is 0. The lowest BCUT2D eigenvalue weighted by molar-refractivity contribution is -0.376. The zero-order valence-electron chi connectivity index (χ0n) is 16.6. The normalized spacial score (nSPS) is 15.0. The Balaban J connectivity index is 1.85. The Morgan fingerprint density at radius 3 is 2.16 bits per heavy atom. The predicted octanol–water partition coefficient (Wildman–Crippen LogP) is 5.54. The van der Waals surface area contributed by atoms with E-state index in [4.69, 9.17) is 0 Å². The number of carbonyl (C=O) groups is 1. The first-order chi connectivity index (χ1) is 14.4. The van der Waals surface area contributed by atoms with Crippen LogP contribution in [0.5, 0.6) is 0 Å². The van der Waals surface area contributed by atoms with E-state index in [1.54, 1.807) is 13.0 Å². The van der Waals surface area contributed by atoms with Gasteiger partial charge in [-0.3, -0.25) is 4.79 Å². The van der Waals surface area contributed by atoms with Crippen molar-refractivity contribution in [2.24, 2.45) is 0 Å². The number of aryl methyl sites for hydroxylation is 1. The van der Waals surface area contributed by atoms with E-state index in [2.05, 4.69) is 0 Å². The molecule has 0 atom stereocenters. The van der Waals surface area contributed by atoms with Gasteiger partial charge in [0.2, 0.25) is 0 Å². The summed E-state index contributed by atoms with van der Waals surface area (Å²) in [5, 5.41) is 9.50. The molecular weight excluding hydrogens is 424 g/mol. The van der Waals surface area contributed by atoms with Crippen molar-refractivity contribution >= 4 is 11.5 Å². The average Bonchev–Trinajstić information content (AvgIpc) is 2.71. The Morgan fingerprint density at radius 2 is 1.61 bits per heavy atom. The molecule has 0 aliphatic carbocycles. The number of hydrogen-bond donors (Lipinski definition) is 1. The molecule has 9 heteroatoms. The van der Waals surface area contributed by atoms with Crippen LogP contribution in [0.2, 0.25) is 0 Å². The van der Waals surface area contributed by atoms with E-state index in [9.17, 15) is 36.2 Å². The highest BCUT2D eigenvalue weighted by atomic mass is 19.4. The summed E-state index contributed by atoms with van der Waals surface area (Å²) < 4.78 is 78.2. The van der Waals surface area contributed by atoms with E-state index in [0.29, 0.717) is 36.2 Å². The number of aliphatic hydroxyl groups is 1. The number of halogens is 6. The van der Waals surface area contributed by atoms with E-state index >= 15 is 0 Å². The van der Waals surface area contributed by atoms with Gasteiger partial charge in [0.15, 0.2) is 5.78 Å². The van der Waals surface area contributed by atoms with Gasteiger partial charge in [-0.15, -0.1) is 0 Å². The summed E-state index contributed by atoms with van der Waals surface area (Å²) in [5.41, 5.74) is -3.24. The minimum absolute atomic E-state index is 0.0253. The Hall–Kier alpha value is -2.55. The molecule has 0 saturated heterocycles. The van der Waals surface area contributed by atoms with E-state index in [0.717, 1.165) is 36.2 Å². The van der Waals surface area contributed by atoms with Crippen LogP contribution < -0.4 is 4.90 Å². The maximum absolute atomic E-state index is 13.0. The molecule has 0 saturated carbocycles. The van der Waals surface area contributed by atoms with Crippen LogP contribution >= 0.6 is 0 Å². The Bertz CT molecular complexity index is 936. The quantitative estimate of drug-likeness (QED) is 0.485. The second-order valence-corrected chi connectivity index (χ2v) is 7.55. The molecule has 31 heavy (non-hydrogen) atoms. The third kappa shape index (κ3) is 4.28. The fourth-order valence-electron chi connectivity index (χ4n) is 3.78. The van der Waals surface area contributed by atoms with Crippen LogP contribution in [-0.2, 0) is 18.6 Å². The number of ketones is 1. The van der Waals surface area contributed by atoms with E-state index in [1.165, 1.54) is 0 Å². The minimum Gasteiger partial charge on any atom is -0.369 e. The number of nitrogens with zero attached hydrogens (tertiary/aromatic N) is 1. The van der Waals surface area contributed by atoms with E-state index < -0.39 is 23.5 Å².